The lowest BCUT2D eigenvalue weighted by atomic mass is 9.92. The summed E-state index contributed by atoms with van der Waals surface area (Å²) in [5, 5.41) is 0. The molecule has 202 valence electrons. The molecule has 0 saturated heterocycles. The van der Waals surface area contributed by atoms with Gasteiger partial charge in [0.2, 0.25) is 0 Å². The van der Waals surface area contributed by atoms with Crippen LogP contribution in [0.4, 0.5) is 39.5 Å². The quantitative estimate of drug-likeness (QED) is 0.230. The highest BCUT2D eigenvalue weighted by atomic mass is 19.3. The summed E-state index contributed by atoms with van der Waals surface area (Å²) in [7, 11) is 0. The molecule has 2 aliphatic rings. The van der Waals surface area contributed by atoms with E-state index in [1.165, 1.54) is 0 Å². The van der Waals surface area contributed by atoms with Crippen molar-refractivity contribution in [3.8, 4) is 16.9 Å². The predicted octanol–water partition coefficient (Wildman–Crippen LogP) is 9.00. The molecular formula is C28H21F9O. The minimum absolute atomic E-state index is 0.165. The molecule has 3 aromatic rings. The van der Waals surface area contributed by atoms with E-state index < -0.39 is 69.3 Å². The normalized spacial score (nSPS) is 23.1. The number of hydrogen-bond donors (Lipinski definition) is 0. The van der Waals surface area contributed by atoms with Gasteiger partial charge in [0.05, 0.1) is 5.56 Å². The summed E-state index contributed by atoms with van der Waals surface area (Å²) in [6.45, 7) is 2.15. The number of rotatable bonds is 5. The van der Waals surface area contributed by atoms with Crippen molar-refractivity contribution in [3.63, 3.8) is 0 Å². The number of ether oxygens (including phenoxy) is 1. The first kappa shape index (κ1) is 26.4. The molecule has 0 spiro atoms. The smallest absolute Gasteiger partial charge is 0.429 e. The number of halogens is 9. The number of benzene rings is 3. The van der Waals surface area contributed by atoms with Crippen LogP contribution in [0.3, 0.4) is 0 Å². The number of fused-ring (bicyclic) bond motifs is 1. The molecule has 2 unspecified atom stereocenters. The average molecular weight is 544 g/mol. The first-order valence-electron chi connectivity index (χ1n) is 12.0. The Labute approximate surface area is 212 Å². The van der Waals surface area contributed by atoms with Gasteiger partial charge in [-0.15, -0.1) is 0 Å². The summed E-state index contributed by atoms with van der Waals surface area (Å²) in [5.74, 6) is -11.5. The standard InChI is InChI=1S/C28H21F9O/c1-12-2-13-4-15(5-14(13)3-12)16-6-21(31)26(22(32)7-16)28(36,37)38-18-10-19(29)25(20(30)11-18)17-8-23(33)27(35)24(34)9-17/h6-15H,2-5H2,1H3. The summed E-state index contributed by atoms with van der Waals surface area (Å²) in [6.07, 6.45) is -1.19. The molecule has 0 N–H and O–H groups in total. The summed E-state index contributed by atoms with van der Waals surface area (Å²) >= 11 is 0. The lowest BCUT2D eigenvalue weighted by molar-refractivity contribution is -0.189. The molecule has 0 radical (unpaired) electrons. The van der Waals surface area contributed by atoms with Crippen LogP contribution >= 0.6 is 0 Å². The van der Waals surface area contributed by atoms with Crippen LogP contribution in [-0.2, 0) is 6.11 Å². The van der Waals surface area contributed by atoms with E-state index in [1.54, 1.807) is 0 Å². The highest BCUT2D eigenvalue weighted by Crippen LogP contribution is 2.52. The van der Waals surface area contributed by atoms with E-state index in [4.69, 9.17) is 0 Å². The molecule has 0 heterocycles. The molecule has 2 fully saturated rings. The van der Waals surface area contributed by atoms with E-state index in [0.717, 1.165) is 25.0 Å². The van der Waals surface area contributed by atoms with Gasteiger partial charge in [0.25, 0.3) is 0 Å². The SMILES string of the molecule is CC1CC2CC(c3cc(F)c(C(F)(F)Oc4cc(F)c(-c5cc(F)c(F)c(F)c5)c(F)c4)c(F)c3)CC2C1. The Morgan fingerprint density at radius 3 is 1.66 bits per heavy atom. The van der Waals surface area contributed by atoms with Crippen LogP contribution in [0.1, 0.15) is 49.7 Å². The van der Waals surface area contributed by atoms with Gasteiger partial charge in [0.15, 0.2) is 17.5 Å². The van der Waals surface area contributed by atoms with E-state index in [-0.39, 0.29) is 23.6 Å². The first-order valence-corrected chi connectivity index (χ1v) is 12.0. The molecule has 2 saturated carbocycles. The van der Waals surface area contributed by atoms with Gasteiger partial charge in [-0.25, -0.2) is 30.7 Å². The van der Waals surface area contributed by atoms with Gasteiger partial charge in [-0.05, 0) is 84.7 Å². The van der Waals surface area contributed by atoms with Crippen LogP contribution in [0.15, 0.2) is 36.4 Å². The molecule has 1 nitrogen and oxygen atoms in total. The van der Waals surface area contributed by atoms with Crippen molar-refractivity contribution in [2.45, 2.75) is 44.6 Å². The third-order valence-corrected chi connectivity index (χ3v) is 7.61. The lowest BCUT2D eigenvalue weighted by Gasteiger charge is -2.21. The minimum Gasteiger partial charge on any atom is -0.429 e. The van der Waals surface area contributed by atoms with Gasteiger partial charge in [-0.2, -0.15) is 8.78 Å². The van der Waals surface area contributed by atoms with Crippen LogP contribution < -0.4 is 4.74 Å². The third kappa shape index (κ3) is 4.73. The lowest BCUT2D eigenvalue weighted by Crippen LogP contribution is -2.25. The Kier molecular flexibility index (Phi) is 6.64. The fourth-order valence-electron chi connectivity index (χ4n) is 6.08. The summed E-state index contributed by atoms with van der Waals surface area (Å²) in [4.78, 5) is 0. The van der Waals surface area contributed by atoms with E-state index in [2.05, 4.69) is 11.7 Å². The monoisotopic (exact) mass is 544 g/mol. The summed E-state index contributed by atoms with van der Waals surface area (Å²) in [5.41, 5.74) is -3.24. The van der Waals surface area contributed by atoms with Crippen molar-refractivity contribution < 1.29 is 44.3 Å². The molecule has 0 aromatic heterocycles. The van der Waals surface area contributed by atoms with E-state index in [9.17, 15) is 39.5 Å². The van der Waals surface area contributed by atoms with Crippen LogP contribution in [0, 0.1) is 58.5 Å². The highest BCUT2D eigenvalue weighted by Gasteiger charge is 2.44. The molecular weight excluding hydrogens is 523 g/mol. The second kappa shape index (κ2) is 9.54. The molecule has 2 aliphatic carbocycles. The van der Waals surface area contributed by atoms with Gasteiger partial charge in [-0.1, -0.05) is 6.92 Å². The highest BCUT2D eigenvalue weighted by molar-refractivity contribution is 5.66. The molecule has 0 aliphatic heterocycles. The minimum atomic E-state index is -4.66. The van der Waals surface area contributed by atoms with Crippen LogP contribution in [-0.4, -0.2) is 0 Å². The molecule has 0 amide bonds. The zero-order valence-corrected chi connectivity index (χ0v) is 19.9. The summed E-state index contributed by atoms with van der Waals surface area (Å²) in [6, 6.07) is 2.83. The van der Waals surface area contributed by atoms with E-state index in [0.29, 0.717) is 42.7 Å². The second-order valence-corrected chi connectivity index (χ2v) is 10.3. The molecule has 0 bridgehead atoms. The molecule has 10 heteroatoms. The van der Waals surface area contributed by atoms with E-state index in [1.807, 2.05) is 0 Å². The molecule has 5 rings (SSSR count). The van der Waals surface area contributed by atoms with Gasteiger partial charge >= 0.3 is 6.11 Å². The largest absolute Gasteiger partial charge is 0.432 e. The predicted molar refractivity (Wildman–Crippen MR) is 120 cm³/mol. The van der Waals surface area contributed by atoms with Crippen LogP contribution in [0.5, 0.6) is 5.75 Å². The van der Waals surface area contributed by atoms with Crippen LogP contribution in [0.25, 0.3) is 11.1 Å². The Morgan fingerprint density at radius 1 is 0.658 bits per heavy atom. The van der Waals surface area contributed by atoms with Gasteiger partial charge in [0, 0.05) is 12.1 Å². The fourth-order valence-corrected chi connectivity index (χ4v) is 6.08. The third-order valence-electron chi connectivity index (χ3n) is 7.61. The van der Waals surface area contributed by atoms with E-state index >= 15 is 0 Å². The average Bonchev–Trinajstić information content (AvgIpc) is 3.33. The molecule has 38 heavy (non-hydrogen) atoms. The van der Waals surface area contributed by atoms with Gasteiger partial charge in [-0.3, -0.25) is 0 Å². The Bertz CT molecular complexity index is 1320. The Morgan fingerprint density at radius 2 is 1.16 bits per heavy atom. The van der Waals surface area contributed by atoms with Crippen molar-refractivity contribution in [2.75, 3.05) is 0 Å². The van der Waals surface area contributed by atoms with Crippen LogP contribution in [0.2, 0.25) is 0 Å². The topological polar surface area (TPSA) is 9.23 Å². The van der Waals surface area contributed by atoms with Crippen molar-refractivity contribution in [1.82, 2.24) is 0 Å². The Hall–Kier alpha value is -3.17. The first-order chi connectivity index (χ1) is 17.8. The fraction of sp³-hybridized carbons (Fsp3) is 0.357. The van der Waals surface area contributed by atoms with Crippen molar-refractivity contribution >= 4 is 0 Å². The zero-order chi connectivity index (χ0) is 27.5. The molecule has 2 atom stereocenters. The van der Waals surface area contributed by atoms with Crippen molar-refractivity contribution in [2.24, 2.45) is 17.8 Å². The second-order valence-electron chi connectivity index (χ2n) is 10.3. The zero-order valence-electron chi connectivity index (χ0n) is 19.9. The maximum Gasteiger partial charge on any atom is 0.432 e. The number of alkyl halides is 2. The van der Waals surface area contributed by atoms with Gasteiger partial charge in [0.1, 0.15) is 34.6 Å². The van der Waals surface area contributed by atoms with Crippen molar-refractivity contribution in [3.05, 3.63) is 88.2 Å². The summed E-state index contributed by atoms with van der Waals surface area (Å²) < 4.78 is 133. The van der Waals surface area contributed by atoms with Crippen molar-refractivity contribution in [1.29, 1.82) is 0 Å². The molecule has 3 aromatic carbocycles. The number of hydrogen-bond acceptors (Lipinski definition) is 1. The van der Waals surface area contributed by atoms with Gasteiger partial charge < -0.3 is 4.74 Å². The maximum absolute atomic E-state index is 14.9. The Balaban J connectivity index is 1.40. The maximum atomic E-state index is 14.9.